The first kappa shape index (κ1) is 26.5. The van der Waals surface area contributed by atoms with Gasteiger partial charge in [0.2, 0.25) is 0 Å². The summed E-state index contributed by atoms with van der Waals surface area (Å²) in [5.41, 5.74) is 5.73. The molecule has 0 unspecified atom stereocenters. The van der Waals surface area contributed by atoms with Crippen LogP contribution in [-0.4, -0.2) is 37.2 Å². The highest BCUT2D eigenvalue weighted by molar-refractivity contribution is 8.00. The van der Waals surface area contributed by atoms with Gasteiger partial charge in [-0.2, -0.15) is 5.10 Å². The fourth-order valence-corrected chi connectivity index (χ4v) is 4.71. The number of nitrogens with zero attached hydrogens (tertiary/aromatic N) is 4. The van der Waals surface area contributed by atoms with Crippen LogP contribution in [0.1, 0.15) is 23.9 Å². The van der Waals surface area contributed by atoms with Crippen LogP contribution >= 0.6 is 35.0 Å². The molecule has 3 aromatic carbocycles. The van der Waals surface area contributed by atoms with Gasteiger partial charge in [-0.1, -0.05) is 53.2 Å². The highest BCUT2D eigenvalue weighted by Crippen LogP contribution is 2.27. The lowest BCUT2D eigenvalue weighted by atomic mass is 10.2. The number of hydrogen-bond donors (Lipinski definition) is 3. The second-order valence-corrected chi connectivity index (χ2v) is 10.3. The van der Waals surface area contributed by atoms with Crippen LogP contribution < -0.4 is 10.7 Å². The van der Waals surface area contributed by atoms with Crippen LogP contribution in [0.15, 0.2) is 77.0 Å². The highest BCUT2D eigenvalue weighted by atomic mass is 35.5. The Hall–Kier alpha value is -3.53. The Kier molecular flexibility index (Phi) is 8.70. The minimum absolute atomic E-state index is 0.00992. The second-order valence-electron chi connectivity index (χ2n) is 8.08. The molecule has 0 aliphatic carbocycles. The number of para-hydroxylation sites is 1. The molecule has 0 saturated heterocycles. The van der Waals surface area contributed by atoms with E-state index >= 15 is 0 Å². The maximum Gasteiger partial charge on any atom is 0.253 e. The van der Waals surface area contributed by atoms with Crippen molar-refractivity contribution in [2.75, 3.05) is 5.32 Å². The Morgan fingerprint density at radius 1 is 1.11 bits per heavy atom. The monoisotopic (exact) mass is 554 g/mol. The van der Waals surface area contributed by atoms with E-state index in [2.05, 4.69) is 26.0 Å². The van der Waals surface area contributed by atoms with E-state index in [4.69, 9.17) is 23.2 Å². The van der Waals surface area contributed by atoms with E-state index in [0.29, 0.717) is 33.1 Å². The number of nitrogens with one attached hydrogen (secondary N) is 2. The number of benzene rings is 3. The van der Waals surface area contributed by atoms with Crippen molar-refractivity contribution < 1.29 is 9.90 Å². The van der Waals surface area contributed by atoms with Gasteiger partial charge in [0.25, 0.3) is 5.91 Å². The molecule has 0 saturated carbocycles. The smallest absolute Gasteiger partial charge is 0.253 e. The van der Waals surface area contributed by atoms with Gasteiger partial charge in [-0.3, -0.25) is 9.36 Å². The van der Waals surface area contributed by atoms with E-state index in [1.165, 1.54) is 24.0 Å². The van der Waals surface area contributed by atoms with E-state index in [0.717, 1.165) is 16.9 Å². The zero-order valence-corrected chi connectivity index (χ0v) is 22.3. The van der Waals surface area contributed by atoms with Crippen molar-refractivity contribution in [2.24, 2.45) is 5.10 Å². The van der Waals surface area contributed by atoms with E-state index < -0.39 is 5.25 Å². The second kappa shape index (κ2) is 12.1. The van der Waals surface area contributed by atoms with Crippen LogP contribution in [0, 0.1) is 6.92 Å². The molecule has 8 nitrogen and oxygen atoms in total. The fraction of sp³-hybridized carbons (Fsp3) is 0.154. The van der Waals surface area contributed by atoms with Gasteiger partial charge < -0.3 is 10.4 Å². The number of carbonyl (C=O) groups excluding carboxylic acids is 1. The number of aromatic nitrogens is 3. The quantitative estimate of drug-likeness (QED) is 0.136. The molecule has 4 aromatic rings. The normalized spacial score (nSPS) is 12.0. The maximum atomic E-state index is 12.7. The van der Waals surface area contributed by atoms with Crippen molar-refractivity contribution in [3.05, 3.63) is 93.7 Å². The molecule has 1 aromatic heterocycles. The van der Waals surface area contributed by atoms with Gasteiger partial charge in [-0.25, -0.2) is 5.43 Å². The average Bonchev–Trinajstić information content (AvgIpc) is 3.28. The first-order valence-corrected chi connectivity index (χ1v) is 12.9. The summed E-state index contributed by atoms with van der Waals surface area (Å²) in [6.07, 6.45) is 1.34. The minimum Gasteiger partial charge on any atom is -0.507 e. The van der Waals surface area contributed by atoms with Crippen LogP contribution in [-0.2, 0) is 11.3 Å². The Labute approximate surface area is 228 Å². The lowest BCUT2D eigenvalue weighted by molar-refractivity contribution is -0.120. The molecule has 0 aliphatic rings. The zero-order chi connectivity index (χ0) is 26.4. The number of halogens is 2. The molecule has 0 bridgehead atoms. The number of amides is 1. The van der Waals surface area contributed by atoms with E-state index in [9.17, 15) is 9.90 Å². The number of phenolic OH excluding ortho intramolecular Hbond substituents is 1. The van der Waals surface area contributed by atoms with Crippen LogP contribution in [0.3, 0.4) is 0 Å². The van der Waals surface area contributed by atoms with Crippen LogP contribution in [0.25, 0.3) is 5.69 Å². The Bertz CT molecular complexity index is 1430. The first-order chi connectivity index (χ1) is 17.8. The van der Waals surface area contributed by atoms with Crippen molar-refractivity contribution in [1.82, 2.24) is 20.2 Å². The van der Waals surface area contributed by atoms with E-state index in [1.54, 1.807) is 19.1 Å². The molecule has 37 heavy (non-hydrogen) atoms. The third-order valence-corrected chi connectivity index (χ3v) is 6.87. The predicted octanol–water partition coefficient (Wildman–Crippen LogP) is 5.83. The number of aryl methyl sites for hydroxylation is 1. The molecule has 0 spiro atoms. The van der Waals surface area contributed by atoms with Gasteiger partial charge >= 0.3 is 0 Å². The number of thioether (sulfide) groups is 1. The molecule has 0 aliphatic heterocycles. The number of rotatable bonds is 9. The number of aromatic hydroxyl groups is 1. The summed E-state index contributed by atoms with van der Waals surface area (Å²) < 4.78 is 1.92. The number of anilines is 1. The molecule has 1 heterocycles. The predicted molar refractivity (Wildman–Crippen MR) is 149 cm³/mol. The van der Waals surface area contributed by atoms with Gasteiger partial charge in [-0.05, 0) is 67.9 Å². The minimum atomic E-state index is -0.531. The van der Waals surface area contributed by atoms with Crippen LogP contribution in [0.5, 0.6) is 5.75 Å². The first-order valence-electron chi connectivity index (χ1n) is 11.3. The molecule has 190 valence electrons. The third-order valence-electron chi connectivity index (χ3n) is 5.36. The number of carbonyl (C=O) groups is 1. The standard InChI is InChI=1S/C26H24Cl2N6O2S/c1-16-12-19(27)8-10-22(16)29-15-24-31-33-26(34(24)21-6-4-3-5-7-21)37-17(2)25(36)32-30-14-18-13-20(28)9-11-23(18)35/h3-14,17,29,35H,15H2,1-2H3,(H,32,36)/b30-14-/t17-/m0/s1. The maximum absolute atomic E-state index is 12.7. The lowest BCUT2D eigenvalue weighted by Gasteiger charge is -2.14. The Morgan fingerprint density at radius 2 is 1.84 bits per heavy atom. The zero-order valence-electron chi connectivity index (χ0n) is 20.0. The molecular formula is C26H24Cl2N6O2S. The van der Waals surface area contributed by atoms with Gasteiger partial charge in [0, 0.05) is 27.0 Å². The van der Waals surface area contributed by atoms with Crippen LogP contribution in [0.2, 0.25) is 10.0 Å². The van der Waals surface area contributed by atoms with Gasteiger partial charge in [-0.15, -0.1) is 10.2 Å². The number of hydrazone groups is 1. The summed E-state index contributed by atoms with van der Waals surface area (Å²) in [6.45, 7) is 4.15. The molecule has 1 atom stereocenters. The number of phenols is 1. The van der Waals surface area contributed by atoms with Crippen LogP contribution in [0.4, 0.5) is 5.69 Å². The molecule has 1 amide bonds. The third kappa shape index (κ3) is 6.82. The largest absolute Gasteiger partial charge is 0.507 e. The Morgan fingerprint density at radius 3 is 2.59 bits per heavy atom. The van der Waals surface area contributed by atoms with Gasteiger partial charge in [0.05, 0.1) is 18.0 Å². The molecule has 4 rings (SSSR count). The van der Waals surface area contributed by atoms with E-state index in [1.807, 2.05) is 60.0 Å². The van der Waals surface area contributed by atoms with Crippen molar-refractivity contribution >= 4 is 52.8 Å². The Balaban J connectivity index is 1.49. The average molecular weight is 555 g/mol. The fourth-order valence-electron chi connectivity index (χ4n) is 3.42. The molecule has 0 radical (unpaired) electrons. The van der Waals surface area contributed by atoms with Crippen molar-refractivity contribution in [2.45, 2.75) is 30.8 Å². The van der Waals surface area contributed by atoms with E-state index in [-0.39, 0.29) is 11.7 Å². The summed E-state index contributed by atoms with van der Waals surface area (Å²) in [5, 5.41) is 27.1. The topological polar surface area (TPSA) is 104 Å². The van der Waals surface area contributed by atoms with Gasteiger partial charge in [0.1, 0.15) is 5.75 Å². The van der Waals surface area contributed by atoms with Crippen molar-refractivity contribution in [1.29, 1.82) is 0 Å². The summed E-state index contributed by atoms with van der Waals surface area (Å²) in [5.74, 6) is 0.364. The summed E-state index contributed by atoms with van der Waals surface area (Å²) in [4.78, 5) is 12.7. The summed E-state index contributed by atoms with van der Waals surface area (Å²) in [6, 6.07) is 19.9. The SMILES string of the molecule is Cc1cc(Cl)ccc1NCc1nnc(S[C@@H](C)C(=O)N/N=C\c2cc(Cl)ccc2O)n1-c1ccccc1. The lowest BCUT2D eigenvalue weighted by Crippen LogP contribution is -2.27. The molecular weight excluding hydrogens is 531 g/mol. The summed E-state index contributed by atoms with van der Waals surface area (Å²) in [7, 11) is 0. The number of hydrogen-bond acceptors (Lipinski definition) is 7. The van der Waals surface area contributed by atoms with Crippen molar-refractivity contribution in [3.8, 4) is 11.4 Å². The molecule has 0 fully saturated rings. The summed E-state index contributed by atoms with van der Waals surface area (Å²) >= 11 is 13.3. The highest BCUT2D eigenvalue weighted by Gasteiger charge is 2.21. The van der Waals surface area contributed by atoms with Crippen molar-refractivity contribution in [3.63, 3.8) is 0 Å². The van der Waals surface area contributed by atoms with Gasteiger partial charge in [0.15, 0.2) is 11.0 Å². The molecule has 3 N–H and O–H groups in total. The molecule has 11 heteroatoms.